The summed E-state index contributed by atoms with van der Waals surface area (Å²) in [5.74, 6) is -1.75. The van der Waals surface area contributed by atoms with Gasteiger partial charge >= 0.3 is 5.97 Å². The fourth-order valence-electron chi connectivity index (χ4n) is 3.41. The number of carbonyl (C=O) groups excluding carboxylic acids is 3. The number of hydrogen-bond donors (Lipinski definition) is 1. The molecule has 0 aliphatic rings. The van der Waals surface area contributed by atoms with E-state index in [1.54, 1.807) is 30.5 Å². The SMILES string of the molecule is COC(=O)c1cc(-c2ccc(C(=O)NCCc3ccc(Cl)nc3)cn2)ccc1N(CC(F)F)C(C)=O. The van der Waals surface area contributed by atoms with Crippen LogP contribution in [0, 0.1) is 0 Å². The zero-order chi connectivity index (χ0) is 26.2. The van der Waals surface area contributed by atoms with Gasteiger partial charge in [-0.05, 0) is 42.3 Å². The number of esters is 1. The van der Waals surface area contributed by atoms with Crippen molar-refractivity contribution in [1.29, 1.82) is 0 Å². The number of amides is 2. The maximum atomic E-state index is 13.0. The van der Waals surface area contributed by atoms with Crippen molar-refractivity contribution >= 4 is 35.1 Å². The van der Waals surface area contributed by atoms with E-state index in [4.69, 9.17) is 16.3 Å². The average Bonchev–Trinajstić information content (AvgIpc) is 2.87. The predicted molar refractivity (Wildman–Crippen MR) is 130 cm³/mol. The van der Waals surface area contributed by atoms with E-state index in [0.717, 1.165) is 24.5 Å². The Morgan fingerprint density at radius 2 is 1.86 bits per heavy atom. The van der Waals surface area contributed by atoms with Crippen LogP contribution < -0.4 is 10.2 Å². The van der Waals surface area contributed by atoms with Gasteiger partial charge in [0, 0.05) is 31.4 Å². The Bertz CT molecular complexity index is 1240. The quantitative estimate of drug-likeness (QED) is 0.338. The first kappa shape index (κ1) is 26.7. The largest absolute Gasteiger partial charge is 0.465 e. The lowest BCUT2D eigenvalue weighted by Crippen LogP contribution is -2.34. The van der Waals surface area contributed by atoms with Gasteiger partial charge in [-0.3, -0.25) is 14.6 Å². The van der Waals surface area contributed by atoms with Gasteiger partial charge in [-0.15, -0.1) is 0 Å². The maximum Gasteiger partial charge on any atom is 0.340 e. The minimum atomic E-state index is -2.79. The van der Waals surface area contributed by atoms with Crippen molar-refractivity contribution in [1.82, 2.24) is 15.3 Å². The number of alkyl halides is 2. The number of aromatic nitrogens is 2. The number of nitrogens with zero attached hydrogens (tertiary/aromatic N) is 3. The van der Waals surface area contributed by atoms with E-state index in [0.29, 0.717) is 34.9 Å². The Balaban J connectivity index is 1.76. The summed E-state index contributed by atoms with van der Waals surface area (Å²) in [7, 11) is 1.15. The van der Waals surface area contributed by atoms with Crippen molar-refractivity contribution in [3.63, 3.8) is 0 Å². The molecule has 0 aliphatic carbocycles. The van der Waals surface area contributed by atoms with E-state index in [1.165, 1.54) is 18.3 Å². The second-order valence-electron chi connectivity index (χ2n) is 7.67. The van der Waals surface area contributed by atoms with Crippen LogP contribution in [0.4, 0.5) is 14.5 Å². The molecule has 188 valence electrons. The second kappa shape index (κ2) is 12.2. The first-order valence-electron chi connectivity index (χ1n) is 10.8. The monoisotopic (exact) mass is 516 g/mol. The van der Waals surface area contributed by atoms with Gasteiger partial charge < -0.3 is 15.0 Å². The highest BCUT2D eigenvalue weighted by atomic mass is 35.5. The third kappa shape index (κ3) is 6.82. The fraction of sp³-hybridized carbons (Fsp3) is 0.240. The van der Waals surface area contributed by atoms with E-state index in [-0.39, 0.29) is 17.2 Å². The smallest absolute Gasteiger partial charge is 0.340 e. The molecule has 0 fully saturated rings. The van der Waals surface area contributed by atoms with Gasteiger partial charge in [-0.1, -0.05) is 23.7 Å². The molecular formula is C25H23ClF2N4O4. The Morgan fingerprint density at radius 3 is 2.44 bits per heavy atom. The molecule has 3 aromatic rings. The molecule has 0 radical (unpaired) electrons. The van der Waals surface area contributed by atoms with E-state index in [9.17, 15) is 23.2 Å². The summed E-state index contributed by atoms with van der Waals surface area (Å²) in [6.45, 7) is 0.656. The van der Waals surface area contributed by atoms with Crippen LogP contribution in [-0.4, -0.2) is 54.4 Å². The van der Waals surface area contributed by atoms with Gasteiger partial charge in [-0.25, -0.2) is 18.6 Å². The standard InChI is InChI=1S/C25H23ClF2N4O4/c1-15(33)32(14-23(27)28)21-7-5-17(11-19(21)25(35)36-2)20-6-4-18(13-30-20)24(34)29-10-9-16-3-8-22(26)31-12-16/h3-8,11-13,23H,9-10,14H2,1-2H3,(H,29,34). The Morgan fingerprint density at radius 1 is 1.08 bits per heavy atom. The highest BCUT2D eigenvalue weighted by molar-refractivity contribution is 6.29. The molecule has 0 saturated carbocycles. The summed E-state index contributed by atoms with van der Waals surface area (Å²) in [4.78, 5) is 45.9. The summed E-state index contributed by atoms with van der Waals surface area (Å²) in [5.41, 5.74) is 2.10. The van der Waals surface area contributed by atoms with Gasteiger partial charge in [0.1, 0.15) is 5.15 Å². The molecule has 8 nitrogen and oxygen atoms in total. The summed E-state index contributed by atoms with van der Waals surface area (Å²) in [5, 5.41) is 3.19. The average molecular weight is 517 g/mol. The van der Waals surface area contributed by atoms with Crippen LogP contribution >= 0.6 is 11.6 Å². The Kier molecular flexibility index (Phi) is 9.02. The van der Waals surface area contributed by atoms with Crippen LogP contribution in [0.5, 0.6) is 0 Å². The lowest BCUT2D eigenvalue weighted by atomic mass is 10.0. The zero-order valence-electron chi connectivity index (χ0n) is 19.5. The lowest BCUT2D eigenvalue weighted by Gasteiger charge is -2.23. The van der Waals surface area contributed by atoms with Crippen LogP contribution in [0.25, 0.3) is 11.3 Å². The molecule has 1 aromatic carbocycles. The lowest BCUT2D eigenvalue weighted by molar-refractivity contribution is -0.117. The molecular weight excluding hydrogens is 494 g/mol. The number of rotatable bonds is 9. The first-order chi connectivity index (χ1) is 17.2. The van der Waals surface area contributed by atoms with E-state index >= 15 is 0 Å². The van der Waals surface area contributed by atoms with Gasteiger partial charge in [-0.2, -0.15) is 0 Å². The molecule has 2 heterocycles. The summed E-state index contributed by atoms with van der Waals surface area (Å²) in [6, 6.07) is 11.0. The molecule has 11 heteroatoms. The highest BCUT2D eigenvalue weighted by Gasteiger charge is 2.24. The van der Waals surface area contributed by atoms with Crippen LogP contribution in [-0.2, 0) is 16.0 Å². The van der Waals surface area contributed by atoms with E-state index < -0.39 is 24.8 Å². The molecule has 0 saturated heterocycles. The van der Waals surface area contributed by atoms with Crippen molar-refractivity contribution in [2.75, 3.05) is 25.1 Å². The fourth-order valence-corrected chi connectivity index (χ4v) is 3.53. The number of carbonyl (C=O) groups is 3. The molecule has 0 aliphatic heterocycles. The van der Waals surface area contributed by atoms with Crippen molar-refractivity contribution in [2.24, 2.45) is 0 Å². The maximum absolute atomic E-state index is 13.0. The van der Waals surface area contributed by atoms with Crippen LogP contribution in [0.15, 0.2) is 54.9 Å². The topological polar surface area (TPSA) is 101 Å². The Hall–Kier alpha value is -3.92. The number of benzene rings is 1. The third-order valence-electron chi connectivity index (χ3n) is 5.20. The summed E-state index contributed by atoms with van der Waals surface area (Å²) in [6.07, 6.45) is 0.815. The highest BCUT2D eigenvalue weighted by Crippen LogP contribution is 2.28. The number of methoxy groups -OCH3 is 1. The van der Waals surface area contributed by atoms with Crippen LogP contribution in [0.2, 0.25) is 5.15 Å². The normalized spacial score (nSPS) is 10.7. The number of nitrogens with one attached hydrogen (secondary N) is 1. The summed E-state index contributed by atoms with van der Waals surface area (Å²) >= 11 is 5.76. The number of hydrogen-bond acceptors (Lipinski definition) is 6. The first-order valence-corrected chi connectivity index (χ1v) is 11.2. The number of halogens is 3. The van der Waals surface area contributed by atoms with Crippen molar-refractivity contribution < 1.29 is 27.9 Å². The molecule has 0 atom stereocenters. The van der Waals surface area contributed by atoms with Gasteiger partial charge in [0.15, 0.2) is 0 Å². The minimum absolute atomic E-state index is 0.00489. The molecule has 2 aromatic heterocycles. The van der Waals surface area contributed by atoms with Gasteiger partial charge in [0.2, 0.25) is 5.91 Å². The second-order valence-corrected chi connectivity index (χ2v) is 8.06. The molecule has 0 spiro atoms. The van der Waals surface area contributed by atoms with E-state index in [1.807, 2.05) is 6.07 Å². The molecule has 0 unspecified atom stereocenters. The zero-order valence-corrected chi connectivity index (χ0v) is 20.3. The van der Waals surface area contributed by atoms with Crippen molar-refractivity contribution in [3.8, 4) is 11.3 Å². The Labute approximate surface area is 211 Å². The molecule has 1 N–H and O–H groups in total. The number of pyridine rings is 2. The minimum Gasteiger partial charge on any atom is -0.465 e. The van der Waals surface area contributed by atoms with Crippen LogP contribution in [0.1, 0.15) is 33.2 Å². The number of anilines is 1. The van der Waals surface area contributed by atoms with Gasteiger partial charge in [0.25, 0.3) is 12.3 Å². The van der Waals surface area contributed by atoms with Crippen LogP contribution in [0.3, 0.4) is 0 Å². The molecule has 36 heavy (non-hydrogen) atoms. The van der Waals surface area contributed by atoms with Crippen molar-refractivity contribution in [2.45, 2.75) is 19.8 Å². The van der Waals surface area contributed by atoms with E-state index in [2.05, 4.69) is 15.3 Å². The predicted octanol–water partition coefficient (Wildman–Crippen LogP) is 4.17. The van der Waals surface area contributed by atoms with Crippen molar-refractivity contribution in [3.05, 3.63) is 76.7 Å². The number of ether oxygens (including phenoxy) is 1. The molecule has 0 bridgehead atoms. The molecule has 3 rings (SSSR count). The summed E-state index contributed by atoms with van der Waals surface area (Å²) < 4.78 is 30.8. The third-order valence-corrected chi connectivity index (χ3v) is 5.43. The molecule has 2 amide bonds. The van der Waals surface area contributed by atoms with Gasteiger partial charge in [0.05, 0.1) is 36.2 Å².